The van der Waals surface area contributed by atoms with Crippen molar-refractivity contribution in [3.63, 3.8) is 0 Å². The number of halogens is 3. The van der Waals surface area contributed by atoms with Gasteiger partial charge in [0.2, 0.25) is 0 Å². The number of rotatable bonds is 2. The molecule has 1 aliphatic rings. The second-order valence-electron chi connectivity index (χ2n) is 6.36. The number of benzene rings is 1. The molecule has 0 saturated carbocycles. The van der Waals surface area contributed by atoms with Crippen LogP contribution in [0.3, 0.4) is 0 Å². The first kappa shape index (κ1) is 10.9. The molecule has 0 radical (unpaired) electrons. The van der Waals surface area contributed by atoms with Crippen molar-refractivity contribution in [1.82, 2.24) is 9.78 Å². The van der Waals surface area contributed by atoms with Crippen molar-refractivity contribution < 1.29 is 30.7 Å². The summed E-state index contributed by atoms with van der Waals surface area (Å²) in [5.41, 5.74) is -4.66. The minimum absolute atomic E-state index is 0.241. The van der Waals surface area contributed by atoms with E-state index in [4.69, 9.17) is 17.5 Å². The zero-order valence-corrected chi connectivity index (χ0v) is 13.4. The van der Waals surface area contributed by atoms with Crippen molar-refractivity contribution in [3.05, 3.63) is 42.1 Å². The van der Waals surface area contributed by atoms with Crippen LogP contribution >= 0.6 is 0 Å². The fourth-order valence-electron chi connectivity index (χ4n) is 2.11. The summed E-state index contributed by atoms with van der Waals surface area (Å²) in [6, 6.07) is -4.31. The molecule has 0 spiro atoms. The van der Waals surface area contributed by atoms with Crippen LogP contribution in [0.4, 0.5) is 13.2 Å². The van der Waals surface area contributed by atoms with Crippen LogP contribution in [-0.2, 0) is 15.5 Å². The molecule has 3 rings (SSSR count). The fraction of sp³-hybridized carbons (Fsp3) is 0.438. The van der Waals surface area contributed by atoms with Crippen molar-refractivity contribution in [2.24, 2.45) is 0 Å². The highest BCUT2D eigenvalue weighted by molar-refractivity contribution is 6.62. The first-order valence-electron chi connectivity index (χ1n) is 10.1. The number of alkyl halides is 3. The maximum Gasteiger partial charge on any atom is 0.498 e. The molecule has 0 unspecified atom stereocenters. The lowest BCUT2D eigenvalue weighted by Crippen LogP contribution is -2.41. The van der Waals surface area contributed by atoms with Crippen LogP contribution in [-0.4, -0.2) is 28.1 Å². The SMILES string of the molecule is [2H]c1nn(-c2c([2H])c([2H])c([2H])c([2H])c2C(F)(F)F)c([2H])c1B1OC(C)(C)C(C)(C)O1. The summed E-state index contributed by atoms with van der Waals surface area (Å²) >= 11 is 0. The van der Waals surface area contributed by atoms with E-state index in [1.807, 2.05) is 0 Å². The molecule has 0 bridgehead atoms. The van der Waals surface area contributed by atoms with E-state index in [9.17, 15) is 13.2 Å². The lowest BCUT2D eigenvalue weighted by atomic mass is 9.82. The highest BCUT2D eigenvalue weighted by atomic mass is 19.4. The van der Waals surface area contributed by atoms with E-state index in [-0.39, 0.29) is 5.46 Å². The second kappa shape index (κ2) is 5.36. The molecule has 1 aromatic heterocycles. The molecule has 1 fully saturated rings. The average molecular weight is 344 g/mol. The van der Waals surface area contributed by atoms with E-state index in [0.29, 0.717) is 4.68 Å². The summed E-state index contributed by atoms with van der Waals surface area (Å²) in [7, 11) is -1.26. The Hall–Kier alpha value is -1.80. The highest BCUT2D eigenvalue weighted by Crippen LogP contribution is 2.37. The molecule has 0 N–H and O–H groups in total. The van der Waals surface area contributed by atoms with Gasteiger partial charge in [-0.2, -0.15) is 18.3 Å². The largest absolute Gasteiger partial charge is 0.498 e. The second-order valence-corrected chi connectivity index (χ2v) is 6.36. The molecule has 128 valence electrons. The summed E-state index contributed by atoms with van der Waals surface area (Å²) in [5, 5.41) is 3.66. The van der Waals surface area contributed by atoms with Crippen LogP contribution in [0.25, 0.3) is 5.69 Å². The lowest BCUT2D eigenvalue weighted by Gasteiger charge is -2.32. The molecule has 2 heterocycles. The van der Waals surface area contributed by atoms with Crippen LogP contribution in [0.2, 0.25) is 0 Å². The molecule has 0 amide bonds. The Labute approximate surface area is 147 Å². The van der Waals surface area contributed by atoms with Crippen molar-refractivity contribution >= 4 is 12.6 Å². The quantitative estimate of drug-likeness (QED) is 0.785. The van der Waals surface area contributed by atoms with E-state index >= 15 is 0 Å². The van der Waals surface area contributed by atoms with Crippen LogP contribution in [0.1, 0.15) is 41.5 Å². The smallest absolute Gasteiger partial charge is 0.399 e. The number of hydrogen-bond acceptors (Lipinski definition) is 3. The summed E-state index contributed by atoms with van der Waals surface area (Å²) in [6.45, 7) is 6.89. The number of hydrogen-bond donors (Lipinski definition) is 0. The summed E-state index contributed by atoms with van der Waals surface area (Å²) in [6.07, 6.45) is -6.45. The zero-order valence-electron chi connectivity index (χ0n) is 19.4. The van der Waals surface area contributed by atoms with Crippen LogP contribution in [0, 0.1) is 0 Å². The fourth-order valence-corrected chi connectivity index (χ4v) is 2.11. The number of aromatic nitrogens is 2. The Balaban J connectivity index is 2.27. The van der Waals surface area contributed by atoms with E-state index in [0.717, 1.165) is 0 Å². The normalized spacial score (nSPS) is 23.2. The molecule has 24 heavy (non-hydrogen) atoms. The van der Waals surface area contributed by atoms with Crippen LogP contribution < -0.4 is 5.46 Å². The van der Waals surface area contributed by atoms with Crippen molar-refractivity contribution in [3.8, 4) is 5.69 Å². The van der Waals surface area contributed by atoms with Crippen molar-refractivity contribution in [2.75, 3.05) is 0 Å². The minimum Gasteiger partial charge on any atom is -0.399 e. The maximum atomic E-state index is 13.7. The predicted molar refractivity (Wildman–Crippen MR) is 84.3 cm³/mol. The molecular formula is C16H18BF3N2O2. The first-order valence-corrected chi connectivity index (χ1v) is 7.11. The molecule has 8 heteroatoms. The highest BCUT2D eigenvalue weighted by Gasteiger charge is 2.52. The van der Waals surface area contributed by atoms with Crippen LogP contribution in [0.15, 0.2) is 36.5 Å². The summed E-state index contributed by atoms with van der Waals surface area (Å²) in [4.78, 5) is 0. The average Bonchev–Trinajstić information content (AvgIpc) is 2.98. The third kappa shape index (κ3) is 2.84. The summed E-state index contributed by atoms with van der Waals surface area (Å²) in [5.74, 6) is 0. The van der Waals surface area contributed by atoms with Gasteiger partial charge < -0.3 is 9.31 Å². The van der Waals surface area contributed by atoms with E-state index in [1.165, 1.54) is 0 Å². The lowest BCUT2D eigenvalue weighted by molar-refractivity contribution is -0.137. The van der Waals surface area contributed by atoms with Crippen molar-refractivity contribution in [1.29, 1.82) is 0 Å². The minimum atomic E-state index is -5.16. The molecular weight excluding hydrogens is 320 g/mol. The van der Waals surface area contributed by atoms with Gasteiger partial charge in [-0.1, -0.05) is 12.1 Å². The van der Waals surface area contributed by atoms with Gasteiger partial charge in [-0.3, -0.25) is 0 Å². The van der Waals surface area contributed by atoms with Crippen molar-refractivity contribution in [2.45, 2.75) is 45.1 Å². The monoisotopic (exact) mass is 344 g/mol. The molecule has 1 aliphatic heterocycles. The zero-order chi connectivity index (χ0) is 23.0. The van der Waals surface area contributed by atoms with E-state index < -0.39 is 72.3 Å². The van der Waals surface area contributed by atoms with Gasteiger partial charge in [0.1, 0.15) is 0 Å². The molecule has 1 saturated heterocycles. The molecule has 0 atom stereocenters. The molecule has 1 aromatic carbocycles. The Morgan fingerprint density at radius 2 is 1.71 bits per heavy atom. The predicted octanol–water partition coefficient (Wildman–Crippen LogP) is 3.19. The topological polar surface area (TPSA) is 36.3 Å². The first-order chi connectivity index (χ1) is 13.5. The van der Waals surface area contributed by atoms with Gasteiger partial charge in [0.25, 0.3) is 0 Å². The third-order valence-electron chi connectivity index (χ3n) is 4.15. The Morgan fingerprint density at radius 3 is 2.29 bits per heavy atom. The Morgan fingerprint density at radius 1 is 1.12 bits per heavy atom. The van der Waals surface area contributed by atoms with Gasteiger partial charge in [0, 0.05) is 17.8 Å². The number of para-hydroxylation sites is 1. The van der Waals surface area contributed by atoms with Gasteiger partial charge in [0.05, 0.1) is 30.7 Å². The van der Waals surface area contributed by atoms with Gasteiger partial charge in [-0.25, -0.2) is 4.68 Å². The number of nitrogens with zero attached hydrogens (tertiary/aromatic N) is 2. The molecule has 4 nitrogen and oxygen atoms in total. The van der Waals surface area contributed by atoms with Gasteiger partial charge in [-0.15, -0.1) is 0 Å². The van der Waals surface area contributed by atoms with Crippen LogP contribution in [0.5, 0.6) is 0 Å². The van der Waals surface area contributed by atoms with Gasteiger partial charge in [-0.05, 0) is 39.8 Å². The Bertz CT molecular complexity index is 1030. The summed E-state index contributed by atoms with van der Waals surface area (Å²) < 4.78 is 100. The maximum absolute atomic E-state index is 13.7. The van der Waals surface area contributed by atoms with Gasteiger partial charge in [0.15, 0.2) is 0 Å². The standard InChI is InChI=1S/C16H18BF3N2O2/c1-14(2)15(3,4)24-17(23-14)11-9-21-22(10-11)13-8-6-5-7-12(13)16(18,19)20/h5-10H,1-4H3/i5D,6D,7D,8D,9D,10D. The molecule has 0 aliphatic carbocycles. The molecule has 2 aromatic rings. The Kier molecular flexibility index (Phi) is 2.44. The van der Waals surface area contributed by atoms with E-state index in [1.54, 1.807) is 27.7 Å². The van der Waals surface area contributed by atoms with E-state index in [2.05, 4.69) is 5.10 Å². The van der Waals surface area contributed by atoms with Gasteiger partial charge >= 0.3 is 13.3 Å². The third-order valence-corrected chi connectivity index (χ3v) is 4.15.